The molecule has 0 heterocycles. The van der Waals surface area contributed by atoms with Crippen LogP contribution in [0.2, 0.25) is 0 Å². The van der Waals surface area contributed by atoms with Crippen LogP contribution in [0.15, 0.2) is 24.3 Å². The highest BCUT2D eigenvalue weighted by atomic mass is 16.2. The fraction of sp³-hybridized carbons (Fsp3) is 0.462. The van der Waals surface area contributed by atoms with Gasteiger partial charge in [0.25, 0.3) is 0 Å². The third-order valence-electron chi connectivity index (χ3n) is 2.78. The zero-order valence-corrected chi connectivity index (χ0v) is 10.6. The highest BCUT2D eigenvalue weighted by Crippen LogP contribution is 2.10. The van der Waals surface area contributed by atoms with E-state index in [9.17, 15) is 4.79 Å². The molecule has 17 heavy (non-hydrogen) atoms. The largest absolute Gasteiger partial charge is 0.396 e. The van der Waals surface area contributed by atoms with Crippen molar-refractivity contribution in [3.05, 3.63) is 29.8 Å². The van der Waals surface area contributed by atoms with Gasteiger partial charge in [-0.1, -0.05) is 12.1 Å². The van der Waals surface area contributed by atoms with Crippen LogP contribution in [0.3, 0.4) is 0 Å². The van der Waals surface area contributed by atoms with E-state index in [1.165, 1.54) is 0 Å². The molecule has 0 radical (unpaired) electrons. The average Bonchev–Trinajstić information content (AvgIpc) is 2.30. The molecule has 0 saturated heterocycles. The summed E-state index contributed by atoms with van der Waals surface area (Å²) >= 11 is 0. The van der Waals surface area contributed by atoms with Gasteiger partial charge in [0.05, 0.1) is 6.04 Å². The number of anilines is 1. The molecule has 1 rings (SSSR count). The lowest BCUT2D eigenvalue weighted by atomic mass is 10.1. The number of hydrogen-bond acceptors (Lipinski definition) is 3. The first-order valence-corrected chi connectivity index (χ1v) is 5.71. The highest BCUT2D eigenvalue weighted by molar-refractivity contribution is 5.94. The SMILES string of the molecule is C[C@@H](C(=O)Nc1ccc(CCO)cc1)N(C)C. The number of aliphatic hydroxyl groups is 1. The Morgan fingerprint density at radius 1 is 1.35 bits per heavy atom. The Hall–Kier alpha value is -1.39. The number of amides is 1. The molecule has 1 amide bonds. The van der Waals surface area contributed by atoms with Crippen molar-refractivity contribution in [2.75, 3.05) is 26.0 Å². The van der Waals surface area contributed by atoms with E-state index in [1.54, 1.807) is 0 Å². The predicted molar refractivity (Wildman–Crippen MR) is 69.0 cm³/mol. The van der Waals surface area contributed by atoms with E-state index in [4.69, 9.17) is 5.11 Å². The van der Waals surface area contributed by atoms with Crippen LogP contribution in [0, 0.1) is 0 Å². The number of benzene rings is 1. The molecule has 0 aliphatic rings. The lowest BCUT2D eigenvalue weighted by Crippen LogP contribution is -2.37. The molecule has 0 unspecified atom stereocenters. The summed E-state index contributed by atoms with van der Waals surface area (Å²) in [6, 6.07) is 7.36. The zero-order chi connectivity index (χ0) is 12.8. The Morgan fingerprint density at radius 3 is 2.41 bits per heavy atom. The van der Waals surface area contributed by atoms with E-state index >= 15 is 0 Å². The van der Waals surface area contributed by atoms with E-state index in [1.807, 2.05) is 50.2 Å². The topological polar surface area (TPSA) is 52.6 Å². The molecule has 0 saturated carbocycles. The van der Waals surface area contributed by atoms with Crippen LogP contribution in [-0.2, 0) is 11.2 Å². The molecule has 0 aromatic heterocycles. The molecular formula is C13H20N2O2. The van der Waals surface area contributed by atoms with Gasteiger partial charge in [-0.05, 0) is 45.1 Å². The lowest BCUT2D eigenvalue weighted by Gasteiger charge is -2.18. The Labute approximate surface area is 102 Å². The van der Waals surface area contributed by atoms with Gasteiger partial charge in [0, 0.05) is 12.3 Å². The van der Waals surface area contributed by atoms with Crippen LogP contribution in [0.5, 0.6) is 0 Å². The smallest absolute Gasteiger partial charge is 0.241 e. The Balaban J connectivity index is 2.60. The third kappa shape index (κ3) is 4.17. The van der Waals surface area contributed by atoms with Crippen LogP contribution in [0.1, 0.15) is 12.5 Å². The van der Waals surface area contributed by atoms with Crippen molar-refractivity contribution in [3.63, 3.8) is 0 Å². The van der Waals surface area contributed by atoms with Crippen LogP contribution in [-0.4, -0.2) is 42.7 Å². The number of carbonyl (C=O) groups is 1. The molecule has 0 aliphatic heterocycles. The maximum Gasteiger partial charge on any atom is 0.241 e. The number of rotatable bonds is 5. The standard InChI is InChI=1S/C13H20N2O2/c1-10(15(2)3)13(17)14-12-6-4-11(5-7-12)8-9-16/h4-7,10,16H,8-9H2,1-3H3,(H,14,17)/t10-/m0/s1. The molecule has 94 valence electrons. The van der Waals surface area contributed by atoms with Crippen molar-refractivity contribution in [2.24, 2.45) is 0 Å². The minimum Gasteiger partial charge on any atom is -0.396 e. The number of nitrogens with one attached hydrogen (secondary N) is 1. The number of hydrogen-bond donors (Lipinski definition) is 2. The van der Waals surface area contributed by atoms with E-state index in [0.717, 1.165) is 11.3 Å². The quantitative estimate of drug-likeness (QED) is 0.805. The average molecular weight is 236 g/mol. The maximum atomic E-state index is 11.8. The molecule has 0 aliphatic carbocycles. The second-order valence-electron chi connectivity index (χ2n) is 4.30. The van der Waals surface area contributed by atoms with E-state index in [0.29, 0.717) is 6.42 Å². The summed E-state index contributed by atoms with van der Waals surface area (Å²) in [6.45, 7) is 2.00. The molecule has 1 aromatic carbocycles. The molecule has 0 bridgehead atoms. The Kier molecular flexibility index (Phi) is 5.12. The van der Waals surface area contributed by atoms with Gasteiger partial charge in [-0.2, -0.15) is 0 Å². The van der Waals surface area contributed by atoms with Crippen molar-refractivity contribution in [1.82, 2.24) is 4.90 Å². The molecule has 4 heteroatoms. The first-order valence-electron chi connectivity index (χ1n) is 5.71. The highest BCUT2D eigenvalue weighted by Gasteiger charge is 2.14. The van der Waals surface area contributed by atoms with Crippen molar-refractivity contribution >= 4 is 11.6 Å². The Bertz CT molecular complexity index is 360. The third-order valence-corrected chi connectivity index (χ3v) is 2.78. The summed E-state index contributed by atoms with van der Waals surface area (Å²) < 4.78 is 0. The second-order valence-corrected chi connectivity index (χ2v) is 4.30. The maximum absolute atomic E-state index is 11.8. The van der Waals surface area contributed by atoms with E-state index < -0.39 is 0 Å². The molecule has 2 N–H and O–H groups in total. The summed E-state index contributed by atoms with van der Waals surface area (Å²) in [7, 11) is 3.74. The molecule has 1 aromatic rings. The molecule has 0 spiro atoms. The fourth-order valence-corrected chi connectivity index (χ4v) is 1.37. The zero-order valence-electron chi connectivity index (χ0n) is 10.6. The van der Waals surface area contributed by atoms with Crippen LogP contribution >= 0.6 is 0 Å². The molecule has 4 nitrogen and oxygen atoms in total. The van der Waals surface area contributed by atoms with Crippen LogP contribution < -0.4 is 5.32 Å². The predicted octanol–water partition coefficient (Wildman–Crippen LogP) is 1.11. The van der Waals surface area contributed by atoms with E-state index in [2.05, 4.69) is 5.32 Å². The first kappa shape index (κ1) is 13.7. The monoisotopic (exact) mass is 236 g/mol. The summed E-state index contributed by atoms with van der Waals surface area (Å²) in [4.78, 5) is 13.6. The van der Waals surface area contributed by atoms with Crippen molar-refractivity contribution in [1.29, 1.82) is 0 Å². The lowest BCUT2D eigenvalue weighted by molar-refractivity contribution is -0.119. The minimum absolute atomic E-state index is 0.0232. The van der Waals surface area contributed by atoms with Gasteiger partial charge in [-0.25, -0.2) is 0 Å². The van der Waals surface area contributed by atoms with Gasteiger partial charge in [-0.3, -0.25) is 9.69 Å². The van der Waals surface area contributed by atoms with Crippen molar-refractivity contribution in [2.45, 2.75) is 19.4 Å². The van der Waals surface area contributed by atoms with Gasteiger partial charge in [0.2, 0.25) is 5.91 Å². The van der Waals surface area contributed by atoms with E-state index in [-0.39, 0.29) is 18.6 Å². The summed E-state index contributed by atoms with van der Waals surface area (Å²) in [5.41, 5.74) is 1.84. The normalized spacial score (nSPS) is 12.5. The van der Waals surface area contributed by atoms with Crippen LogP contribution in [0.25, 0.3) is 0 Å². The van der Waals surface area contributed by atoms with Gasteiger partial charge in [0.1, 0.15) is 0 Å². The van der Waals surface area contributed by atoms with Crippen LogP contribution in [0.4, 0.5) is 5.69 Å². The van der Waals surface area contributed by atoms with Gasteiger partial charge in [-0.15, -0.1) is 0 Å². The molecule has 0 fully saturated rings. The number of carbonyl (C=O) groups excluding carboxylic acids is 1. The first-order chi connectivity index (χ1) is 8.04. The summed E-state index contributed by atoms with van der Waals surface area (Å²) in [5.74, 6) is -0.0232. The Morgan fingerprint density at radius 2 is 1.94 bits per heavy atom. The summed E-state index contributed by atoms with van der Waals surface area (Å²) in [6.07, 6.45) is 0.641. The summed E-state index contributed by atoms with van der Waals surface area (Å²) in [5, 5.41) is 11.6. The second kappa shape index (κ2) is 6.37. The number of likely N-dealkylation sites (N-methyl/N-ethyl adjacent to an activating group) is 1. The van der Waals surface area contributed by atoms with Crippen molar-refractivity contribution in [3.8, 4) is 0 Å². The van der Waals surface area contributed by atoms with Crippen molar-refractivity contribution < 1.29 is 9.90 Å². The van der Waals surface area contributed by atoms with Gasteiger partial charge >= 0.3 is 0 Å². The van der Waals surface area contributed by atoms with Gasteiger partial charge in [0.15, 0.2) is 0 Å². The minimum atomic E-state index is -0.160. The number of nitrogens with zero attached hydrogens (tertiary/aromatic N) is 1. The molecular weight excluding hydrogens is 216 g/mol. The fourth-order valence-electron chi connectivity index (χ4n) is 1.37. The number of aliphatic hydroxyl groups excluding tert-OH is 1. The van der Waals surface area contributed by atoms with Gasteiger partial charge < -0.3 is 10.4 Å². The molecule has 1 atom stereocenters.